The molecule has 0 saturated carbocycles. The highest BCUT2D eigenvalue weighted by Crippen LogP contribution is 2.32. The van der Waals surface area contributed by atoms with Gasteiger partial charge in [0.15, 0.2) is 17.3 Å². The summed E-state index contributed by atoms with van der Waals surface area (Å²) in [6.07, 6.45) is 1.54. The number of phenols is 1. The molecule has 30 heavy (non-hydrogen) atoms. The van der Waals surface area contributed by atoms with Crippen LogP contribution in [-0.2, 0) is 10.0 Å². The maximum absolute atomic E-state index is 12.6. The molecular formula is C22H19N3O4S. The molecule has 0 fully saturated rings. The SMILES string of the molecule is COc1cc(/C=N/N(C)C2=NS(=O)(=O)c3cc(-c4ccccc4)ccc32)ccc1O. The average molecular weight is 421 g/mol. The number of fused-ring (bicyclic) bond motifs is 1. The van der Waals surface area contributed by atoms with Crippen molar-refractivity contribution in [2.24, 2.45) is 9.50 Å². The van der Waals surface area contributed by atoms with Crippen LogP contribution in [0.1, 0.15) is 11.1 Å². The van der Waals surface area contributed by atoms with Gasteiger partial charge in [-0.15, -0.1) is 4.40 Å². The van der Waals surface area contributed by atoms with Gasteiger partial charge in [-0.1, -0.05) is 36.4 Å². The van der Waals surface area contributed by atoms with Crippen molar-refractivity contribution in [3.05, 3.63) is 77.9 Å². The van der Waals surface area contributed by atoms with E-state index in [-0.39, 0.29) is 16.5 Å². The lowest BCUT2D eigenvalue weighted by Gasteiger charge is -2.13. The van der Waals surface area contributed by atoms with E-state index in [0.717, 1.165) is 11.1 Å². The summed E-state index contributed by atoms with van der Waals surface area (Å²) in [5.41, 5.74) is 2.91. The van der Waals surface area contributed by atoms with Crippen LogP contribution in [0.5, 0.6) is 11.5 Å². The van der Waals surface area contributed by atoms with Gasteiger partial charge in [-0.3, -0.25) is 0 Å². The van der Waals surface area contributed by atoms with Gasteiger partial charge in [0.05, 0.1) is 13.3 Å². The quantitative estimate of drug-likeness (QED) is 0.514. The summed E-state index contributed by atoms with van der Waals surface area (Å²) in [4.78, 5) is 0.159. The number of methoxy groups -OCH3 is 1. The molecule has 1 heterocycles. The lowest BCUT2D eigenvalue weighted by Crippen LogP contribution is -2.21. The molecule has 0 amide bonds. The number of sulfonamides is 1. The number of hydrogen-bond acceptors (Lipinski definition) is 6. The Kier molecular flexibility index (Phi) is 5.01. The second-order valence-electron chi connectivity index (χ2n) is 6.67. The molecule has 0 bridgehead atoms. The minimum atomic E-state index is -3.81. The first-order valence-electron chi connectivity index (χ1n) is 9.08. The smallest absolute Gasteiger partial charge is 0.285 e. The van der Waals surface area contributed by atoms with Crippen molar-refractivity contribution in [2.45, 2.75) is 4.90 Å². The van der Waals surface area contributed by atoms with Gasteiger partial charge in [-0.2, -0.15) is 13.5 Å². The van der Waals surface area contributed by atoms with E-state index in [4.69, 9.17) is 4.74 Å². The Morgan fingerprint density at radius 3 is 2.53 bits per heavy atom. The molecule has 1 aliphatic heterocycles. The summed E-state index contributed by atoms with van der Waals surface area (Å²) in [7, 11) is -0.723. The van der Waals surface area contributed by atoms with E-state index < -0.39 is 10.0 Å². The van der Waals surface area contributed by atoms with E-state index in [1.54, 1.807) is 31.3 Å². The number of hydrazone groups is 1. The van der Waals surface area contributed by atoms with Gasteiger partial charge < -0.3 is 9.84 Å². The van der Waals surface area contributed by atoms with Crippen molar-refractivity contribution >= 4 is 22.1 Å². The molecule has 0 saturated heterocycles. The molecule has 8 heteroatoms. The molecule has 0 spiro atoms. The molecule has 0 radical (unpaired) electrons. The zero-order valence-corrected chi connectivity index (χ0v) is 17.2. The highest BCUT2D eigenvalue weighted by Gasteiger charge is 2.31. The average Bonchev–Trinajstić information content (AvgIpc) is 3.04. The van der Waals surface area contributed by atoms with Gasteiger partial charge in [0.1, 0.15) is 4.90 Å². The van der Waals surface area contributed by atoms with Gasteiger partial charge in [0.2, 0.25) is 0 Å². The van der Waals surface area contributed by atoms with Crippen molar-refractivity contribution in [2.75, 3.05) is 14.2 Å². The van der Waals surface area contributed by atoms with Crippen molar-refractivity contribution in [3.63, 3.8) is 0 Å². The Hall–Kier alpha value is -3.65. The molecule has 1 N–H and O–H groups in total. The fourth-order valence-electron chi connectivity index (χ4n) is 3.16. The molecule has 0 atom stereocenters. The minimum Gasteiger partial charge on any atom is -0.504 e. The Bertz CT molecular complexity index is 1270. The normalized spacial score (nSPS) is 14.4. The standard InChI is InChI=1S/C22H19N3O4S/c1-25(23-14-15-8-11-19(26)20(12-15)29-2)22-18-10-9-17(16-6-4-3-5-7-16)13-21(18)30(27,28)24-22/h3-14,26H,1-2H3/b23-14+. The summed E-state index contributed by atoms with van der Waals surface area (Å²) < 4.78 is 34.3. The zero-order chi connectivity index (χ0) is 21.3. The number of hydrogen-bond donors (Lipinski definition) is 1. The molecule has 0 aromatic heterocycles. The largest absolute Gasteiger partial charge is 0.504 e. The van der Waals surface area contributed by atoms with Crippen LogP contribution in [0.25, 0.3) is 11.1 Å². The molecule has 152 valence electrons. The topological polar surface area (TPSA) is 91.6 Å². The van der Waals surface area contributed by atoms with E-state index in [1.165, 1.54) is 24.4 Å². The van der Waals surface area contributed by atoms with Crippen LogP contribution >= 0.6 is 0 Å². The Morgan fingerprint density at radius 2 is 1.80 bits per heavy atom. The maximum atomic E-state index is 12.6. The van der Waals surface area contributed by atoms with Gasteiger partial charge in [0, 0.05) is 12.6 Å². The highest BCUT2D eigenvalue weighted by atomic mass is 32.2. The van der Waals surface area contributed by atoms with E-state index in [1.807, 2.05) is 36.4 Å². The van der Waals surface area contributed by atoms with Crippen LogP contribution in [0.15, 0.2) is 81.1 Å². The third-order valence-corrected chi connectivity index (χ3v) is 6.01. The Balaban J connectivity index is 1.65. The molecule has 0 aliphatic carbocycles. The number of phenolic OH excluding ortho intramolecular Hbond substituents is 1. The summed E-state index contributed by atoms with van der Waals surface area (Å²) in [5, 5.41) is 15.4. The third-order valence-electron chi connectivity index (χ3n) is 4.70. The number of ether oxygens (including phenoxy) is 1. The summed E-state index contributed by atoms with van der Waals surface area (Å²) in [6.45, 7) is 0. The third kappa shape index (κ3) is 3.65. The van der Waals surface area contributed by atoms with Crippen molar-refractivity contribution in [1.82, 2.24) is 5.01 Å². The predicted molar refractivity (Wildman–Crippen MR) is 116 cm³/mol. The molecule has 3 aromatic rings. The van der Waals surface area contributed by atoms with Crippen molar-refractivity contribution < 1.29 is 18.3 Å². The van der Waals surface area contributed by atoms with Crippen molar-refractivity contribution in [1.29, 1.82) is 0 Å². The number of benzene rings is 3. The minimum absolute atomic E-state index is 0.0254. The molecule has 1 aliphatic rings. The van der Waals surface area contributed by atoms with Crippen LogP contribution < -0.4 is 4.74 Å². The summed E-state index contributed by atoms with van der Waals surface area (Å²) in [5.74, 6) is 0.588. The van der Waals surface area contributed by atoms with Crippen LogP contribution in [-0.4, -0.2) is 44.7 Å². The second kappa shape index (κ2) is 7.64. The fraction of sp³-hybridized carbons (Fsp3) is 0.0909. The highest BCUT2D eigenvalue weighted by molar-refractivity contribution is 7.90. The fourth-order valence-corrected chi connectivity index (χ4v) is 4.41. The molecule has 0 unspecified atom stereocenters. The van der Waals surface area contributed by atoms with E-state index in [2.05, 4.69) is 9.50 Å². The molecular weight excluding hydrogens is 402 g/mol. The first-order chi connectivity index (χ1) is 14.4. The monoisotopic (exact) mass is 421 g/mol. The number of rotatable bonds is 4. The first-order valence-corrected chi connectivity index (χ1v) is 10.5. The van der Waals surface area contributed by atoms with E-state index in [0.29, 0.717) is 16.9 Å². The van der Waals surface area contributed by atoms with Crippen LogP contribution in [0, 0.1) is 0 Å². The van der Waals surface area contributed by atoms with E-state index in [9.17, 15) is 13.5 Å². The Labute approximate surface area is 174 Å². The summed E-state index contributed by atoms with van der Waals surface area (Å²) in [6, 6.07) is 19.6. The van der Waals surface area contributed by atoms with E-state index >= 15 is 0 Å². The van der Waals surface area contributed by atoms with Gasteiger partial charge >= 0.3 is 0 Å². The van der Waals surface area contributed by atoms with Gasteiger partial charge in [0.25, 0.3) is 10.0 Å². The molecule has 3 aromatic carbocycles. The predicted octanol–water partition coefficient (Wildman–Crippen LogP) is 3.48. The second-order valence-corrected chi connectivity index (χ2v) is 8.24. The first kappa shape index (κ1) is 19.7. The number of aromatic hydroxyl groups is 1. The van der Waals surface area contributed by atoms with Crippen LogP contribution in [0.4, 0.5) is 0 Å². The zero-order valence-electron chi connectivity index (χ0n) is 16.4. The van der Waals surface area contributed by atoms with Gasteiger partial charge in [-0.25, -0.2) is 5.01 Å². The molecule has 7 nitrogen and oxygen atoms in total. The Morgan fingerprint density at radius 1 is 1.03 bits per heavy atom. The van der Waals surface area contributed by atoms with Crippen molar-refractivity contribution in [3.8, 4) is 22.6 Å². The lowest BCUT2D eigenvalue weighted by atomic mass is 10.0. The van der Waals surface area contributed by atoms with Crippen LogP contribution in [0.3, 0.4) is 0 Å². The van der Waals surface area contributed by atoms with Gasteiger partial charge in [-0.05, 0) is 47.0 Å². The number of nitrogens with zero attached hydrogens (tertiary/aromatic N) is 3. The lowest BCUT2D eigenvalue weighted by molar-refractivity contribution is 0.373. The maximum Gasteiger partial charge on any atom is 0.285 e. The molecule has 4 rings (SSSR count). The summed E-state index contributed by atoms with van der Waals surface area (Å²) >= 11 is 0. The number of amidine groups is 1. The van der Waals surface area contributed by atoms with Crippen LogP contribution in [0.2, 0.25) is 0 Å².